The van der Waals surface area contributed by atoms with Crippen LogP contribution in [0.1, 0.15) is 44.7 Å². The quantitative estimate of drug-likeness (QED) is 0.690. The van der Waals surface area contributed by atoms with E-state index in [1.807, 2.05) is 28.5 Å². The minimum Gasteiger partial charge on any atom is -0.356 e. The van der Waals surface area contributed by atoms with Crippen molar-refractivity contribution in [1.82, 2.24) is 20.2 Å². The summed E-state index contributed by atoms with van der Waals surface area (Å²) in [7, 11) is 0. The van der Waals surface area contributed by atoms with E-state index in [-0.39, 0.29) is 17.7 Å². The third kappa shape index (κ3) is 5.61. The number of aromatic nitrogens is 2. The molecule has 6 nitrogen and oxygen atoms in total. The number of carbonyl (C=O) groups excluding carboxylic acids is 2. The molecule has 0 aromatic carbocycles. The summed E-state index contributed by atoms with van der Waals surface area (Å²) in [5, 5.41) is 5.80. The van der Waals surface area contributed by atoms with Crippen LogP contribution in [-0.2, 0) is 16.0 Å². The number of piperidine rings is 1. The number of amides is 2. The van der Waals surface area contributed by atoms with E-state index in [1.54, 1.807) is 6.20 Å². The Labute approximate surface area is 170 Å². The first-order valence-corrected chi connectivity index (χ1v) is 11.0. The fourth-order valence-corrected chi connectivity index (χ4v) is 4.18. The van der Waals surface area contributed by atoms with E-state index in [0.29, 0.717) is 19.5 Å². The van der Waals surface area contributed by atoms with Gasteiger partial charge in [0, 0.05) is 37.1 Å². The van der Waals surface area contributed by atoms with E-state index < -0.39 is 0 Å². The van der Waals surface area contributed by atoms with Crippen LogP contribution in [-0.4, -0.2) is 46.3 Å². The van der Waals surface area contributed by atoms with Crippen LogP contribution in [0, 0.1) is 5.92 Å². The molecule has 7 heteroatoms. The molecule has 0 spiro atoms. The normalized spacial score (nSPS) is 14.8. The van der Waals surface area contributed by atoms with Crippen molar-refractivity contribution >= 4 is 23.2 Å². The van der Waals surface area contributed by atoms with Crippen LogP contribution >= 0.6 is 11.3 Å². The van der Waals surface area contributed by atoms with Gasteiger partial charge in [0.25, 0.3) is 0 Å². The number of nitrogens with zero attached hydrogens (tertiary/aromatic N) is 3. The number of unbranched alkanes of at least 4 members (excludes halogenated alkanes) is 2. The Hall–Kier alpha value is -2.28. The highest BCUT2D eigenvalue weighted by molar-refractivity contribution is 7.13. The molecule has 1 saturated heterocycles. The summed E-state index contributed by atoms with van der Waals surface area (Å²) in [6.07, 6.45) is 6.85. The van der Waals surface area contributed by atoms with Crippen molar-refractivity contribution in [3.63, 3.8) is 0 Å². The first kappa shape index (κ1) is 20.5. The Morgan fingerprint density at radius 3 is 2.79 bits per heavy atom. The molecule has 28 heavy (non-hydrogen) atoms. The van der Waals surface area contributed by atoms with Crippen molar-refractivity contribution in [3.05, 3.63) is 35.5 Å². The smallest absolute Gasteiger partial charge is 0.228 e. The molecule has 0 unspecified atom stereocenters. The highest BCUT2D eigenvalue weighted by Gasteiger charge is 2.27. The minimum atomic E-state index is 0.0284. The van der Waals surface area contributed by atoms with E-state index in [2.05, 4.69) is 22.2 Å². The lowest BCUT2D eigenvalue weighted by Gasteiger charge is -2.31. The lowest BCUT2D eigenvalue weighted by molar-refractivity contribution is -0.135. The van der Waals surface area contributed by atoms with Gasteiger partial charge in [-0.1, -0.05) is 25.8 Å². The van der Waals surface area contributed by atoms with E-state index >= 15 is 0 Å². The van der Waals surface area contributed by atoms with Gasteiger partial charge < -0.3 is 10.2 Å². The number of hydrogen-bond donors (Lipinski definition) is 1. The molecule has 2 amide bonds. The van der Waals surface area contributed by atoms with Crippen molar-refractivity contribution in [2.75, 3.05) is 19.6 Å². The van der Waals surface area contributed by atoms with E-state index in [4.69, 9.17) is 0 Å². The first-order chi connectivity index (χ1) is 13.7. The largest absolute Gasteiger partial charge is 0.356 e. The summed E-state index contributed by atoms with van der Waals surface area (Å²) in [5.74, 6) is 0.253. The van der Waals surface area contributed by atoms with Gasteiger partial charge in [0.1, 0.15) is 5.01 Å². The van der Waals surface area contributed by atoms with Crippen LogP contribution in [0.4, 0.5) is 0 Å². The Morgan fingerprint density at radius 2 is 2.07 bits per heavy atom. The maximum atomic E-state index is 12.6. The van der Waals surface area contributed by atoms with Crippen molar-refractivity contribution in [2.45, 2.75) is 45.4 Å². The van der Waals surface area contributed by atoms with Crippen LogP contribution in [0.5, 0.6) is 0 Å². The molecule has 1 aliphatic rings. The Balaban J connectivity index is 1.44. The van der Waals surface area contributed by atoms with Crippen LogP contribution in [0.25, 0.3) is 10.7 Å². The Morgan fingerprint density at radius 1 is 1.25 bits per heavy atom. The van der Waals surface area contributed by atoms with Crippen LogP contribution in [0.15, 0.2) is 29.8 Å². The molecule has 0 atom stereocenters. The minimum absolute atomic E-state index is 0.0284. The summed E-state index contributed by atoms with van der Waals surface area (Å²) in [5.41, 5.74) is 1.61. The number of likely N-dealkylation sites (tertiary alicyclic amines) is 1. The van der Waals surface area contributed by atoms with Crippen LogP contribution in [0.3, 0.4) is 0 Å². The predicted molar refractivity (Wildman–Crippen MR) is 111 cm³/mol. The highest BCUT2D eigenvalue weighted by atomic mass is 32.1. The summed E-state index contributed by atoms with van der Waals surface area (Å²) < 4.78 is 0. The standard InChI is InChI=1S/C21H28N4O2S/c1-2-3-5-11-23-20(27)16-8-12-25(13-9-16)19(26)14-17-15-28-21(24-17)18-7-4-6-10-22-18/h4,6-7,10,15-16H,2-3,5,8-9,11-14H2,1H3,(H,23,27). The van der Waals surface area contributed by atoms with Gasteiger partial charge in [-0.05, 0) is 31.4 Å². The molecule has 1 fully saturated rings. The molecule has 0 bridgehead atoms. The van der Waals surface area contributed by atoms with Gasteiger partial charge in [-0.3, -0.25) is 14.6 Å². The van der Waals surface area contributed by atoms with Gasteiger partial charge in [-0.25, -0.2) is 4.98 Å². The molecule has 0 aliphatic carbocycles. The molecule has 2 aromatic rings. The molecule has 2 aromatic heterocycles. The van der Waals surface area contributed by atoms with E-state index in [9.17, 15) is 9.59 Å². The molecule has 0 radical (unpaired) electrons. The van der Waals surface area contributed by atoms with Crippen molar-refractivity contribution < 1.29 is 9.59 Å². The molecule has 1 N–H and O–H groups in total. The molecule has 150 valence electrons. The van der Waals surface area contributed by atoms with Crippen molar-refractivity contribution in [1.29, 1.82) is 0 Å². The van der Waals surface area contributed by atoms with E-state index in [1.165, 1.54) is 11.3 Å². The van der Waals surface area contributed by atoms with Crippen molar-refractivity contribution in [2.24, 2.45) is 5.92 Å². The molecule has 0 saturated carbocycles. The second-order valence-corrected chi connectivity index (χ2v) is 8.05. The molecule has 3 heterocycles. The van der Waals surface area contributed by atoms with Crippen molar-refractivity contribution in [3.8, 4) is 10.7 Å². The topological polar surface area (TPSA) is 75.2 Å². The average molecular weight is 401 g/mol. The van der Waals surface area contributed by atoms with Gasteiger partial charge in [-0.15, -0.1) is 11.3 Å². The zero-order chi connectivity index (χ0) is 19.8. The fraction of sp³-hybridized carbons (Fsp3) is 0.524. The zero-order valence-corrected chi connectivity index (χ0v) is 17.2. The summed E-state index contributed by atoms with van der Waals surface area (Å²) in [6.45, 7) is 4.19. The monoisotopic (exact) mass is 400 g/mol. The number of hydrogen-bond acceptors (Lipinski definition) is 5. The van der Waals surface area contributed by atoms with Gasteiger partial charge in [0.15, 0.2) is 0 Å². The molecule has 1 aliphatic heterocycles. The van der Waals surface area contributed by atoms with Gasteiger partial charge in [0.05, 0.1) is 17.8 Å². The molecular weight excluding hydrogens is 372 g/mol. The van der Waals surface area contributed by atoms with Gasteiger partial charge >= 0.3 is 0 Å². The Kier molecular flexibility index (Phi) is 7.54. The van der Waals surface area contributed by atoms with E-state index in [0.717, 1.165) is 55.0 Å². The lowest BCUT2D eigenvalue weighted by Crippen LogP contribution is -2.43. The predicted octanol–water partition coefficient (Wildman–Crippen LogP) is 3.29. The first-order valence-electron chi connectivity index (χ1n) is 10.1. The second-order valence-electron chi connectivity index (χ2n) is 7.19. The summed E-state index contributed by atoms with van der Waals surface area (Å²) in [4.78, 5) is 35.6. The number of pyridine rings is 1. The number of thiazole rings is 1. The number of rotatable bonds is 8. The van der Waals surface area contributed by atoms with Gasteiger partial charge in [-0.2, -0.15) is 0 Å². The number of nitrogens with one attached hydrogen (secondary N) is 1. The molecule has 3 rings (SSSR count). The lowest BCUT2D eigenvalue weighted by atomic mass is 9.95. The zero-order valence-electron chi connectivity index (χ0n) is 16.4. The Bertz CT molecular complexity index is 770. The SMILES string of the molecule is CCCCCNC(=O)C1CCN(C(=O)Cc2csc(-c3ccccn3)n2)CC1. The van der Waals surface area contributed by atoms with Crippen LogP contribution in [0.2, 0.25) is 0 Å². The third-order valence-electron chi connectivity index (χ3n) is 5.07. The van der Waals surface area contributed by atoms with Crippen LogP contribution < -0.4 is 5.32 Å². The summed E-state index contributed by atoms with van der Waals surface area (Å²) >= 11 is 1.51. The summed E-state index contributed by atoms with van der Waals surface area (Å²) in [6, 6.07) is 5.72. The highest BCUT2D eigenvalue weighted by Crippen LogP contribution is 2.23. The number of carbonyl (C=O) groups is 2. The third-order valence-corrected chi connectivity index (χ3v) is 5.98. The average Bonchev–Trinajstić information content (AvgIpc) is 3.20. The molecular formula is C21H28N4O2S. The maximum absolute atomic E-state index is 12.6. The fourth-order valence-electron chi connectivity index (χ4n) is 3.38. The van der Waals surface area contributed by atoms with Gasteiger partial charge in [0.2, 0.25) is 11.8 Å². The second kappa shape index (κ2) is 10.3. The maximum Gasteiger partial charge on any atom is 0.228 e.